The minimum Gasteiger partial charge on any atom is -0.285 e. The topological polar surface area (TPSA) is 34.1 Å². The summed E-state index contributed by atoms with van der Waals surface area (Å²) in [5.41, 5.74) is -1.49. The molecule has 0 spiro atoms. The fraction of sp³-hybridized carbons (Fsp3) is 0.571. The maximum atomic E-state index is 14.3. The average Bonchev–Trinajstić information content (AvgIpc) is 2.10. The van der Waals surface area contributed by atoms with Gasteiger partial charge in [-0.05, 0) is 10.8 Å². The minimum absolute atomic E-state index is 0.0552. The Balaban J connectivity index is 3.62. The van der Waals surface area contributed by atoms with Gasteiger partial charge in [0.05, 0.1) is 5.03 Å². The lowest BCUT2D eigenvalue weighted by Gasteiger charge is -2.30. The van der Waals surface area contributed by atoms with Crippen molar-refractivity contribution >= 4 is 23.2 Å². The van der Waals surface area contributed by atoms with E-state index >= 15 is 0 Å². The molecule has 1 rings (SSSR count). The highest BCUT2D eigenvalue weighted by atomic mass is 35.5. The van der Waals surface area contributed by atoms with Crippen LogP contribution in [-0.4, -0.2) is 11.6 Å². The molecule has 0 N–H and O–H groups in total. The Hall–Kier alpha value is -0.960. The predicted molar refractivity (Wildman–Crippen MR) is 69.9 cm³/mol. The standard InChI is InChI=1S/C14H18ClFO2/c1-13(2,3)7-9(15)10(16)8(14(4,5)6)12(18)11(7)17/h1-6H3. The molecule has 0 aromatic heterocycles. The summed E-state index contributed by atoms with van der Waals surface area (Å²) in [6, 6.07) is 0. The minimum atomic E-state index is -0.783. The fourth-order valence-corrected chi connectivity index (χ4v) is 2.45. The molecule has 100 valence electrons. The molecule has 4 heteroatoms. The second-order valence-corrected chi connectivity index (χ2v) is 6.91. The summed E-state index contributed by atoms with van der Waals surface area (Å²) in [4.78, 5) is 24.1. The molecule has 0 amide bonds. The zero-order chi connectivity index (χ0) is 14.5. The third-order valence-corrected chi connectivity index (χ3v) is 3.15. The molecule has 0 unspecified atom stereocenters. The monoisotopic (exact) mass is 272 g/mol. The van der Waals surface area contributed by atoms with E-state index in [1.807, 2.05) is 0 Å². The number of hydrogen-bond acceptors (Lipinski definition) is 2. The zero-order valence-electron chi connectivity index (χ0n) is 11.6. The van der Waals surface area contributed by atoms with Crippen LogP contribution in [0.15, 0.2) is 22.0 Å². The molecule has 0 atom stereocenters. The van der Waals surface area contributed by atoms with Crippen molar-refractivity contribution in [3.8, 4) is 0 Å². The van der Waals surface area contributed by atoms with Gasteiger partial charge < -0.3 is 0 Å². The Morgan fingerprint density at radius 2 is 1.17 bits per heavy atom. The van der Waals surface area contributed by atoms with E-state index in [9.17, 15) is 14.0 Å². The van der Waals surface area contributed by atoms with Crippen molar-refractivity contribution in [1.82, 2.24) is 0 Å². The lowest BCUT2D eigenvalue weighted by Crippen LogP contribution is -2.34. The SMILES string of the molecule is CC(C)(C)C1=C(F)C(Cl)=C(C(C)(C)C)C(=O)C1=O. The van der Waals surface area contributed by atoms with Gasteiger partial charge >= 0.3 is 0 Å². The van der Waals surface area contributed by atoms with E-state index in [1.165, 1.54) is 0 Å². The molecule has 0 radical (unpaired) electrons. The predicted octanol–water partition coefficient (Wildman–Crippen LogP) is 3.95. The van der Waals surface area contributed by atoms with E-state index in [0.717, 1.165) is 0 Å². The van der Waals surface area contributed by atoms with E-state index in [-0.39, 0.29) is 16.2 Å². The number of carbonyl (C=O) groups excluding carboxylic acids is 2. The number of hydrogen-bond donors (Lipinski definition) is 0. The Labute approximate surface area is 112 Å². The van der Waals surface area contributed by atoms with Crippen LogP contribution in [0, 0.1) is 10.8 Å². The Morgan fingerprint density at radius 1 is 0.833 bits per heavy atom. The molecule has 0 bridgehead atoms. The molecule has 0 saturated carbocycles. The summed E-state index contributed by atoms with van der Waals surface area (Å²) in [5, 5.41) is -0.225. The van der Waals surface area contributed by atoms with Gasteiger partial charge in [-0.1, -0.05) is 53.1 Å². The van der Waals surface area contributed by atoms with Crippen molar-refractivity contribution in [2.24, 2.45) is 10.8 Å². The molecule has 0 aliphatic heterocycles. The Morgan fingerprint density at radius 3 is 1.50 bits per heavy atom. The second kappa shape index (κ2) is 4.30. The molecule has 0 heterocycles. The van der Waals surface area contributed by atoms with E-state index < -0.39 is 28.2 Å². The highest BCUT2D eigenvalue weighted by Crippen LogP contribution is 2.43. The van der Waals surface area contributed by atoms with E-state index in [2.05, 4.69) is 0 Å². The molecule has 0 aromatic rings. The quantitative estimate of drug-likeness (QED) is 0.494. The number of ketones is 2. The molecule has 1 aliphatic carbocycles. The van der Waals surface area contributed by atoms with Crippen molar-refractivity contribution in [2.75, 3.05) is 0 Å². The van der Waals surface area contributed by atoms with Crippen LogP contribution in [-0.2, 0) is 9.59 Å². The van der Waals surface area contributed by atoms with Gasteiger partial charge in [-0.2, -0.15) is 0 Å². The number of carbonyl (C=O) groups is 2. The van der Waals surface area contributed by atoms with Crippen LogP contribution in [0.4, 0.5) is 4.39 Å². The van der Waals surface area contributed by atoms with Crippen LogP contribution in [0.3, 0.4) is 0 Å². The average molecular weight is 273 g/mol. The van der Waals surface area contributed by atoms with E-state index in [4.69, 9.17) is 11.6 Å². The first-order chi connectivity index (χ1) is 7.89. The Kier molecular flexibility index (Phi) is 3.61. The third kappa shape index (κ3) is 2.41. The van der Waals surface area contributed by atoms with Gasteiger partial charge in [-0.3, -0.25) is 9.59 Å². The first-order valence-corrected chi connectivity index (χ1v) is 6.16. The normalized spacial score (nSPS) is 18.9. The molecule has 0 saturated heterocycles. The molecule has 0 fully saturated rings. The fourth-order valence-electron chi connectivity index (χ4n) is 1.99. The number of Topliss-reactive ketones (excluding diaryl/α,β-unsaturated/α-hetero) is 2. The summed E-state index contributed by atoms with van der Waals surface area (Å²) in [6.07, 6.45) is 0. The molecular formula is C14H18ClFO2. The molecular weight excluding hydrogens is 255 g/mol. The van der Waals surface area contributed by atoms with Gasteiger partial charge in [0.25, 0.3) is 0 Å². The van der Waals surface area contributed by atoms with E-state index in [0.29, 0.717) is 0 Å². The highest BCUT2D eigenvalue weighted by Gasteiger charge is 2.43. The van der Waals surface area contributed by atoms with Gasteiger partial charge in [-0.25, -0.2) is 4.39 Å². The molecule has 2 nitrogen and oxygen atoms in total. The summed E-state index contributed by atoms with van der Waals surface area (Å²) < 4.78 is 14.3. The van der Waals surface area contributed by atoms with Crippen molar-refractivity contribution < 1.29 is 14.0 Å². The maximum Gasteiger partial charge on any atom is 0.232 e. The van der Waals surface area contributed by atoms with Gasteiger partial charge in [0.2, 0.25) is 11.6 Å². The van der Waals surface area contributed by atoms with E-state index in [1.54, 1.807) is 41.5 Å². The summed E-state index contributed by atoms with van der Waals surface area (Å²) in [6.45, 7) is 10.2. The summed E-state index contributed by atoms with van der Waals surface area (Å²) in [5.74, 6) is -2.24. The summed E-state index contributed by atoms with van der Waals surface area (Å²) in [7, 11) is 0. The number of allylic oxidation sites excluding steroid dienone is 4. The lowest BCUT2D eigenvalue weighted by molar-refractivity contribution is -0.133. The van der Waals surface area contributed by atoms with Gasteiger partial charge in [0.1, 0.15) is 5.83 Å². The second-order valence-electron chi connectivity index (χ2n) is 6.54. The van der Waals surface area contributed by atoms with Crippen LogP contribution in [0.1, 0.15) is 41.5 Å². The first-order valence-electron chi connectivity index (χ1n) is 5.79. The number of rotatable bonds is 0. The van der Waals surface area contributed by atoms with Crippen LogP contribution >= 0.6 is 11.6 Å². The first kappa shape index (κ1) is 15.1. The lowest BCUT2D eigenvalue weighted by atomic mass is 9.73. The van der Waals surface area contributed by atoms with Crippen LogP contribution in [0.25, 0.3) is 0 Å². The van der Waals surface area contributed by atoms with Crippen molar-refractivity contribution in [1.29, 1.82) is 0 Å². The number of halogens is 2. The van der Waals surface area contributed by atoms with Crippen LogP contribution in [0.5, 0.6) is 0 Å². The largest absolute Gasteiger partial charge is 0.285 e. The van der Waals surface area contributed by atoms with Gasteiger partial charge in [0, 0.05) is 11.1 Å². The zero-order valence-corrected chi connectivity index (χ0v) is 12.3. The maximum absolute atomic E-state index is 14.3. The van der Waals surface area contributed by atoms with Crippen LogP contribution < -0.4 is 0 Å². The van der Waals surface area contributed by atoms with Gasteiger partial charge in [-0.15, -0.1) is 0 Å². The molecule has 18 heavy (non-hydrogen) atoms. The molecule has 0 aromatic carbocycles. The van der Waals surface area contributed by atoms with Crippen molar-refractivity contribution in [2.45, 2.75) is 41.5 Å². The summed E-state index contributed by atoms with van der Waals surface area (Å²) >= 11 is 5.95. The molecule has 1 aliphatic rings. The smallest absolute Gasteiger partial charge is 0.232 e. The third-order valence-electron chi connectivity index (χ3n) is 2.79. The van der Waals surface area contributed by atoms with Crippen molar-refractivity contribution in [3.05, 3.63) is 22.0 Å². The highest BCUT2D eigenvalue weighted by molar-refractivity contribution is 6.53. The Bertz CT molecular complexity index is 439. The van der Waals surface area contributed by atoms with Crippen LogP contribution in [0.2, 0.25) is 0 Å². The van der Waals surface area contributed by atoms with Crippen molar-refractivity contribution in [3.63, 3.8) is 0 Å². The van der Waals surface area contributed by atoms with Gasteiger partial charge in [0.15, 0.2) is 0 Å².